The van der Waals surface area contributed by atoms with E-state index in [2.05, 4.69) is 51.8 Å². The molecule has 2 aromatic heterocycles. The van der Waals surface area contributed by atoms with E-state index in [1.807, 2.05) is 54.7 Å². The van der Waals surface area contributed by atoms with Crippen LogP contribution in [0.5, 0.6) is 11.5 Å². The Balaban J connectivity index is 1.66. The Morgan fingerprint density at radius 3 is 2.33 bits per heavy atom. The summed E-state index contributed by atoms with van der Waals surface area (Å²) in [4.78, 5) is 6.79. The van der Waals surface area contributed by atoms with Crippen LogP contribution in [0.3, 0.4) is 0 Å². The molecule has 0 unspecified atom stereocenters. The average Bonchev–Trinajstić information content (AvgIpc) is 3.39. The van der Waals surface area contributed by atoms with Gasteiger partial charge in [0.05, 0.1) is 37.0 Å². The molecule has 0 bridgehead atoms. The third kappa shape index (κ3) is 4.18. The lowest BCUT2D eigenvalue weighted by Crippen LogP contribution is -2.29. The summed E-state index contributed by atoms with van der Waals surface area (Å²) in [7, 11) is 3.28. The van der Waals surface area contributed by atoms with E-state index in [0.29, 0.717) is 15.9 Å². The zero-order chi connectivity index (χ0) is 25.4. The third-order valence-corrected chi connectivity index (χ3v) is 7.24. The highest BCUT2D eigenvalue weighted by molar-refractivity contribution is 7.80. The van der Waals surface area contributed by atoms with Gasteiger partial charge in [-0.25, -0.2) is 0 Å². The lowest BCUT2D eigenvalue weighted by atomic mass is 9.96. The first-order chi connectivity index (χ1) is 17.4. The van der Waals surface area contributed by atoms with E-state index in [-0.39, 0.29) is 12.1 Å². The van der Waals surface area contributed by atoms with Gasteiger partial charge in [-0.05, 0) is 92.3 Å². The zero-order valence-electron chi connectivity index (χ0n) is 20.5. The van der Waals surface area contributed by atoms with Gasteiger partial charge in [-0.15, -0.1) is 0 Å². The summed E-state index contributed by atoms with van der Waals surface area (Å²) >= 11 is 12.4. The molecule has 1 aliphatic heterocycles. The minimum atomic E-state index is -0.149. The van der Waals surface area contributed by atoms with E-state index in [9.17, 15) is 0 Å². The largest absolute Gasteiger partial charge is 0.497 e. The van der Waals surface area contributed by atoms with Gasteiger partial charge < -0.3 is 24.3 Å². The highest BCUT2D eigenvalue weighted by Gasteiger charge is 2.42. The first kappa shape index (κ1) is 24.2. The average molecular weight is 519 g/mol. The van der Waals surface area contributed by atoms with Gasteiger partial charge >= 0.3 is 0 Å². The van der Waals surface area contributed by atoms with Crippen LogP contribution in [0.1, 0.15) is 34.7 Å². The predicted octanol–water partition coefficient (Wildman–Crippen LogP) is 6.34. The van der Waals surface area contributed by atoms with Crippen LogP contribution in [0.15, 0.2) is 72.9 Å². The number of nitrogens with zero attached hydrogens (tertiary/aromatic N) is 3. The molecule has 1 N–H and O–H groups in total. The number of methoxy groups -OCH3 is 2. The molecule has 2 atom stereocenters. The minimum Gasteiger partial charge on any atom is -0.497 e. The number of benzene rings is 2. The molecule has 8 heteroatoms. The standard InChI is InChI=1S/C28H27ClN4O2S/c1-17-15-22(18(2)32(17)19-8-11-21(34-3)12-9-19)27-26(24-7-5-6-14-30-24)31-28(36)33(27)20-10-13-25(35-4)23(29)16-20/h5-16,26-27H,1-4H3,(H,31,36)/t26-,27+/m1/s1. The van der Waals surface area contributed by atoms with Crippen molar-refractivity contribution in [2.24, 2.45) is 0 Å². The number of ether oxygens (including phenoxy) is 2. The molecule has 0 aliphatic carbocycles. The molecule has 4 aromatic rings. The monoisotopic (exact) mass is 518 g/mol. The molecular weight excluding hydrogens is 492 g/mol. The first-order valence-electron chi connectivity index (χ1n) is 11.6. The van der Waals surface area contributed by atoms with E-state index < -0.39 is 0 Å². The van der Waals surface area contributed by atoms with Crippen molar-refractivity contribution in [3.8, 4) is 17.2 Å². The molecule has 184 valence electrons. The third-order valence-electron chi connectivity index (χ3n) is 6.63. The smallest absolute Gasteiger partial charge is 0.174 e. The fraction of sp³-hybridized carbons (Fsp3) is 0.214. The van der Waals surface area contributed by atoms with Gasteiger partial charge in [0.2, 0.25) is 0 Å². The second kappa shape index (κ2) is 9.84. The maximum atomic E-state index is 6.53. The number of halogens is 1. The van der Waals surface area contributed by atoms with Crippen molar-refractivity contribution >= 4 is 34.6 Å². The van der Waals surface area contributed by atoms with E-state index in [1.165, 1.54) is 0 Å². The van der Waals surface area contributed by atoms with Gasteiger partial charge in [0.15, 0.2) is 5.11 Å². The second-order valence-electron chi connectivity index (χ2n) is 8.68. The van der Waals surface area contributed by atoms with Crippen molar-refractivity contribution in [1.82, 2.24) is 14.9 Å². The van der Waals surface area contributed by atoms with E-state index in [0.717, 1.165) is 39.8 Å². The van der Waals surface area contributed by atoms with E-state index >= 15 is 0 Å². The second-order valence-corrected chi connectivity index (χ2v) is 9.47. The fourth-order valence-corrected chi connectivity index (χ4v) is 5.57. The Morgan fingerprint density at radius 1 is 0.944 bits per heavy atom. The number of thiocarbonyl (C=S) groups is 1. The lowest BCUT2D eigenvalue weighted by molar-refractivity contribution is 0.414. The predicted molar refractivity (Wildman–Crippen MR) is 148 cm³/mol. The number of anilines is 1. The summed E-state index contributed by atoms with van der Waals surface area (Å²) in [5, 5.41) is 4.67. The molecule has 0 saturated carbocycles. The lowest BCUT2D eigenvalue weighted by Gasteiger charge is -2.28. The summed E-state index contributed by atoms with van der Waals surface area (Å²) in [6.07, 6.45) is 1.81. The van der Waals surface area contributed by atoms with Crippen LogP contribution >= 0.6 is 23.8 Å². The molecular formula is C28H27ClN4O2S. The minimum absolute atomic E-state index is 0.143. The number of hydrogen-bond acceptors (Lipinski definition) is 4. The van der Waals surface area contributed by atoms with Gasteiger partial charge in [0.1, 0.15) is 11.5 Å². The molecule has 0 spiro atoms. The van der Waals surface area contributed by atoms with Gasteiger partial charge in [-0.2, -0.15) is 0 Å². The summed E-state index contributed by atoms with van der Waals surface area (Å²) < 4.78 is 13.0. The van der Waals surface area contributed by atoms with E-state index in [1.54, 1.807) is 14.2 Å². The van der Waals surface area contributed by atoms with Crippen LogP contribution in [0.4, 0.5) is 5.69 Å². The van der Waals surface area contributed by atoms with Crippen molar-refractivity contribution < 1.29 is 9.47 Å². The summed E-state index contributed by atoms with van der Waals surface area (Å²) in [5.41, 5.74) is 6.27. The van der Waals surface area contributed by atoms with Gasteiger partial charge in [-0.3, -0.25) is 4.98 Å². The number of aryl methyl sites for hydroxylation is 1. The van der Waals surface area contributed by atoms with Crippen LogP contribution in [-0.4, -0.2) is 28.9 Å². The Morgan fingerprint density at radius 2 is 1.69 bits per heavy atom. The normalized spacial score (nSPS) is 17.2. The highest BCUT2D eigenvalue weighted by atomic mass is 35.5. The SMILES string of the molecule is COc1ccc(-n2c(C)cc([C@H]3[C@@H](c4ccccn4)NC(=S)N3c3ccc(OC)c(Cl)c3)c2C)cc1. The first-order valence-corrected chi connectivity index (χ1v) is 12.4. The molecule has 5 rings (SSSR count). The van der Waals surface area contributed by atoms with Crippen LogP contribution in [-0.2, 0) is 0 Å². The van der Waals surface area contributed by atoms with E-state index in [4.69, 9.17) is 33.3 Å². The molecule has 2 aromatic carbocycles. The number of nitrogens with one attached hydrogen (secondary N) is 1. The number of rotatable bonds is 6. The maximum absolute atomic E-state index is 6.53. The van der Waals surface area contributed by atoms with Crippen LogP contribution < -0.4 is 19.7 Å². The number of pyridine rings is 1. The Hall–Kier alpha value is -3.55. The molecule has 1 saturated heterocycles. The Kier molecular flexibility index (Phi) is 6.60. The van der Waals surface area contributed by atoms with Gasteiger partial charge in [0, 0.05) is 29.0 Å². The van der Waals surface area contributed by atoms with Crippen molar-refractivity contribution in [2.75, 3.05) is 19.1 Å². The van der Waals surface area contributed by atoms with Crippen LogP contribution in [0, 0.1) is 13.8 Å². The van der Waals surface area contributed by atoms with Crippen molar-refractivity contribution in [1.29, 1.82) is 0 Å². The number of aromatic nitrogens is 2. The van der Waals surface area contributed by atoms with Gasteiger partial charge in [0.25, 0.3) is 0 Å². The topological polar surface area (TPSA) is 51.5 Å². The molecule has 0 amide bonds. The van der Waals surface area contributed by atoms with Crippen molar-refractivity contribution in [3.05, 3.63) is 101 Å². The molecule has 1 aliphatic rings. The molecule has 3 heterocycles. The molecule has 0 radical (unpaired) electrons. The highest BCUT2D eigenvalue weighted by Crippen LogP contribution is 2.45. The fourth-order valence-electron chi connectivity index (χ4n) is 4.97. The quantitative estimate of drug-likeness (QED) is 0.301. The molecule has 36 heavy (non-hydrogen) atoms. The Labute approximate surface area is 221 Å². The zero-order valence-corrected chi connectivity index (χ0v) is 22.1. The van der Waals surface area contributed by atoms with Crippen LogP contribution in [0.25, 0.3) is 5.69 Å². The van der Waals surface area contributed by atoms with Crippen LogP contribution in [0.2, 0.25) is 5.02 Å². The molecule has 1 fully saturated rings. The summed E-state index contributed by atoms with van der Waals surface area (Å²) in [6, 6.07) is 21.7. The number of hydrogen-bond donors (Lipinski definition) is 1. The summed E-state index contributed by atoms with van der Waals surface area (Å²) in [5.74, 6) is 1.44. The Bertz CT molecular complexity index is 1410. The maximum Gasteiger partial charge on any atom is 0.174 e. The van der Waals surface area contributed by atoms with Crippen molar-refractivity contribution in [2.45, 2.75) is 25.9 Å². The summed E-state index contributed by atoms with van der Waals surface area (Å²) in [6.45, 7) is 4.26. The van der Waals surface area contributed by atoms with Crippen molar-refractivity contribution in [3.63, 3.8) is 0 Å². The molecule has 6 nitrogen and oxygen atoms in total. The van der Waals surface area contributed by atoms with Gasteiger partial charge in [-0.1, -0.05) is 17.7 Å².